The molecule has 0 fully saturated rings. The molecule has 1 atom stereocenters. The highest BCUT2D eigenvalue weighted by Gasteiger charge is 2.16. The fourth-order valence-electron chi connectivity index (χ4n) is 2.49. The first-order valence-electron chi connectivity index (χ1n) is 8.15. The molecule has 136 valence electrons. The number of ether oxygens (including phenoxy) is 1. The number of anilines is 1. The number of nitrogens with zero attached hydrogens (tertiary/aromatic N) is 4. The fraction of sp³-hybridized carbons (Fsp3) is 0.278. The number of hydrogen-bond acceptors (Lipinski definition) is 4. The zero-order valence-corrected chi connectivity index (χ0v) is 16.4. The molecule has 0 saturated carbocycles. The van der Waals surface area contributed by atoms with E-state index in [-0.39, 0.29) is 12.6 Å². The first-order valence-corrected chi connectivity index (χ1v) is 8.94. The van der Waals surface area contributed by atoms with Crippen molar-refractivity contribution in [3.05, 3.63) is 58.6 Å². The fourth-order valence-corrected chi connectivity index (χ4v) is 2.79. The van der Waals surface area contributed by atoms with Crippen LogP contribution in [0.1, 0.15) is 24.1 Å². The highest BCUT2D eigenvalue weighted by molar-refractivity contribution is 9.10. The number of hydrogen-bond donors (Lipinski definition) is 1. The first kappa shape index (κ1) is 18.2. The van der Waals surface area contributed by atoms with Crippen LogP contribution in [-0.2, 0) is 11.5 Å². The minimum absolute atomic E-state index is 0.171. The van der Waals surface area contributed by atoms with Crippen LogP contribution in [0.2, 0.25) is 0 Å². The third-order valence-corrected chi connectivity index (χ3v) is 4.34. The van der Waals surface area contributed by atoms with Crippen molar-refractivity contribution in [2.24, 2.45) is 0 Å². The van der Waals surface area contributed by atoms with Gasteiger partial charge in [-0.3, -0.25) is 9.48 Å². The van der Waals surface area contributed by atoms with Crippen LogP contribution in [0, 0.1) is 13.8 Å². The highest BCUT2D eigenvalue weighted by Crippen LogP contribution is 2.19. The number of aryl methyl sites for hydroxylation is 2. The molecule has 3 rings (SSSR count). The molecule has 2 heterocycles. The summed E-state index contributed by atoms with van der Waals surface area (Å²) < 4.78 is 9.83. The SMILES string of the molecule is Cc1ccc(OCn2cc(NC(=O)C(C)n3cc(Br)cn3)cn2)c(C)c1. The van der Waals surface area contributed by atoms with E-state index in [1.165, 1.54) is 5.56 Å². The van der Waals surface area contributed by atoms with Gasteiger partial charge in [-0.15, -0.1) is 0 Å². The zero-order valence-electron chi connectivity index (χ0n) is 14.8. The molecule has 1 unspecified atom stereocenters. The summed E-state index contributed by atoms with van der Waals surface area (Å²) in [7, 11) is 0. The van der Waals surface area contributed by atoms with E-state index >= 15 is 0 Å². The smallest absolute Gasteiger partial charge is 0.249 e. The Bertz CT molecular complexity index is 918. The topological polar surface area (TPSA) is 74.0 Å². The molecule has 26 heavy (non-hydrogen) atoms. The molecule has 7 nitrogen and oxygen atoms in total. The lowest BCUT2D eigenvalue weighted by Gasteiger charge is -2.11. The van der Waals surface area contributed by atoms with Gasteiger partial charge in [-0.25, -0.2) is 4.68 Å². The standard InChI is InChI=1S/C18H20BrN5O2/c1-12-4-5-17(13(2)6-12)26-11-23-10-16(8-20-23)22-18(25)14(3)24-9-15(19)7-21-24/h4-10,14H,11H2,1-3H3,(H,22,25). The van der Waals surface area contributed by atoms with Crippen molar-refractivity contribution >= 4 is 27.5 Å². The maximum absolute atomic E-state index is 12.3. The van der Waals surface area contributed by atoms with E-state index in [0.717, 1.165) is 15.8 Å². The van der Waals surface area contributed by atoms with Gasteiger partial charge in [-0.2, -0.15) is 10.2 Å². The Balaban J connectivity index is 1.58. The van der Waals surface area contributed by atoms with Crippen LogP contribution in [0.5, 0.6) is 5.75 Å². The Kier molecular flexibility index (Phi) is 5.41. The number of rotatable bonds is 6. The van der Waals surface area contributed by atoms with Gasteiger partial charge in [0.05, 0.1) is 28.8 Å². The van der Waals surface area contributed by atoms with Gasteiger partial charge in [-0.1, -0.05) is 17.7 Å². The van der Waals surface area contributed by atoms with Crippen LogP contribution in [0.15, 0.2) is 47.5 Å². The van der Waals surface area contributed by atoms with E-state index in [1.54, 1.807) is 41.1 Å². The van der Waals surface area contributed by atoms with E-state index in [9.17, 15) is 4.79 Å². The molecule has 0 aliphatic carbocycles. The van der Waals surface area contributed by atoms with Crippen molar-refractivity contribution in [2.75, 3.05) is 5.32 Å². The molecular weight excluding hydrogens is 398 g/mol. The van der Waals surface area contributed by atoms with Gasteiger partial charge in [0.2, 0.25) is 5.91 Å². The third-order valence-electron chi connectivity index (χ3n) is 3.93. The van der Waals surface area contributed by atoms with Gasteiger partial charge in [-0.05, 0) is 48.3 Å². The molecule has 0 bridgehead atoms. The summed E-state index contributed by atoms with van der Waals surface area (Å²) in [5.74, 6) is 0.644. The summed E-state index contributed by atoms with van der Waals surface area (Å²) in [6, 6.07) is 5.59. The molecule has 3 aromatic rings. The summed E-state index contributed by atoms with van der Waals surface area (Å²) in [5, 5.41) is 11.2. The number of carbonyl (C=O) groups is 1. The number of aromatic nitrogens is 4. The molecule has 0 radical (unpaired) electrons. The van der Waals surface area contributed by atoms with E-state index in [2.05, 4.69) is 37.5 Å². The number of carbonyl (C=O) groups excluding carboxylic acids is 1. The molecule has 0 saturated heterocycles. The minimum atomic E-state index is -0.434. The molecule has 0 aliphatic rings. The summed E-state index contributed by atoms with van der Waals surface area (Å²) in [4.78, 5) is 12.3. The molecule has 1 N–H and O–H groups in total. The van der Waals surface area contributed by atoms with Gasteiger partial charge in [0, 0.05) is 6.20 Å². The molecule has 1 aromatic carbocycles. The maximum Gasteiger partial charge on any atom is 0.249 e. The molecule has 0 aliphatic heterocycles. The first-order chi connectivity index (χ1) is 12.4. The van der Waals surface area contributed by atoms with Crippen LogP contribution in [-0.4, -0.2) is 25.5 Å². The van der Waals surface area contributed by atoms with E-state index < -0.39 is 6.04 Å². The van der Waals surface area contributed by atoms with Crippen molar-refractivity contribution in [2.45, 2.75) is 33.5 Å². The van der Waals surface area contributed by atoms with Gasteiger partial charge in [0.25, 0.3) is 0 Å². The second-order valence-corrected chi connectivity index (χ2v) is 7.03. The molecular formula is C18H20BrN5O2. The number of nitrogens with one attached hydrogen (secondary N) is 1. The second kappa shape index (κ2) is 7.74. The highest BCUT2D eigenvalue weighted by atomic mass is 79.9. The molecule has 8 heteroatoms. The Hall–Kier alpha value is -2.61. The summed E-state index contributed by atoms with van der Waals surface area (Å²) in [5.41, 5.74) is 2.87. The second-order valence-electron chi connectivity index (χ2n) is 6.11. The Morgan fingerprint density at radius 2 is 2.08 bits per heavy atom. The van der Waals surface area contributed by atoms with Gasteiger partial charge >= 0.3 is 0 Å². The van der Waals surface area contributed by atoms with E-state index in [4.69, 9.17) is 4.74 Å². The minimum Gasteiger partial charge on any atom is -0.471 e. The van der Waals surface area contributed by atoms with Crippen molar-refractivity contribution in [1.29, 1.82) is 0 Å². The molecule has 2 aromatic heterocycles. The third kappa shape index (κ3) is 4.32. The number of benzene rings is 1. The quantitative estimate of drug-likeness (QED) is 0.663. The van der Waals surface area contributed by atoms with Crippen LogP contribution in [0.4, 0.5) is 5.69 Å². The lowest BCUT2D eigenvalue weighted by Crippen LogP contribution is -2.23. The predicted octanol–water partition coefficient (Wildman–Crippen LogP) is 3.70. The largest absolute Gasteiger partial charge is 0.471 e. The van der Waals surface area contributed by atoms with Gasteiger partial charge < -0.3 is 10.1 Å². The predicted molar refractivity (Wildman–Crippen MR) is 102 cm³/mol. The Morgan fingerprint density at radius 1 is 1.27 bits per heavy atom. The summed E-state index contributed by atoms with van der Waals surface area (Å²) in [6.45, 7) is 6.10. The molecule has 1 amide bonds. The lowest BCUT2D eigenvalue weighted by molar-refractivity contribution is -0.119. The molecule has 0 spiro atoms. The van der Waals surface area contributed by atoms with Crippen molar-refractivity contribution in [3.63, 3.8) is 0 Å². The summed E-state index contributed by atoms with van der Waals surface area (Å²) >= 11 is 3.32. The van der Waals surface area contributed by atoms with Crippen molar-refractivity contribution in [1.82, 2.24) is 19.6 Å². The van der Waals surface area contributed by atoms with Crippen LogP contribution >= 0.6 is 15.9 Å². The lowest BCUT2D eigenvalue weighted by atomic mass is 10.1. The van der Waals surface area contributed by atoms with Gasteiger partial charge in [0.15, 0.2) is 6.73 Å². The van der Waals surface area contributed by atoms with Crippen LogP contribution < -0.4 is 10.1 Å². The van der Waals surface area contributed by atoms with Gasteiger partial charge in [0.1, 0.15) is 11.8 Å². The number of halogens is 1. The van der Waals surface area contributed by atoms with E-state index in [1.807, 2.05) is 26.0 Å². The normalized spacial score (nSPS) is 12.0. The maximum atomic E-state index is 12.3. The number of amides is 1. The Morgan fingerprint density at radius 3 is 2.77 bits per heavy atom. The van der Waals surface area contributed by atoms with Crippen LogP contribution in [0.25, 0.3) is 0 Å². The Labute approximate surface area is 160 Å². The zero-order chi connectivity index (χ0) is 18.7. The monoisotopic (exact) mass is 417 g/mol. The average Bonchev–Trinajstić information content (AvgIpc) is 3.22. The average molecular weight is 418 g/mol. The van der Waals surface area contributed by atoms with Crippen LogP contribution in [0.3, 0.4) is 0 Å². The van der Waals surface area contributed by atoms with Crippen molar-refractivity contribution < 1.29 is 9.53 Å². The summed E-state index contributed by atoms with van der Waals surface area (Å²) in [6.07, 6.45) is 6.72. The van der Waals surface area contributed by atoms with Crippen molar-refractivity contribution in [3.8, 4) is 5.75 Å². The van der Waals surface area contributed by atoms with E-state index in [0.29, 0.717) is 5.69 Å².